The standard InChI is InChI=1S/C14H24ClF3O/c1-12(2,3)11-4-6-13(8-15,7-5-11)9-19-10-14(16,17)18/h11H,4-10H2,1-3H3. The van der Waals surface area contributed by atoms with Gasteiger partial charge in [-0.1, -0.05) is 20.8 Å². The summed E-state index contributed by atoms with van der Waals surface area (Å²) in [6, 6.07) is 0. The molecular formula is C14H24ClF3O. The Hall–Kier alpha value is 0.0400. The smallest absolute Gasteiger partial charge is 0.371 e. The molecule has 0 unspecified atom stereocenters. The first kappa shape index (κ1) is 17.1. The van der Waals surface area contributed by atoms with Gasteiger partial charge in [0.05, 0.1) is 6.61 Å². The van der Waals surface area contributed by atoms with Gasteiger partial charge in [0, 0.05) is 11.3 Å². The average molecular weight is 301 g/mol. The number of rotatable bonds is 4. The first-order valence-electron chi connectivity index (χ1n) is 6.78. The molecule has 0 aromatic carbocycles. The molecule has 0 aliphatic heterocycles. The highest BCUT2D eigenvalue weighted by molar-refractivity contribution is 6.18. The van der Waals surface area contributed by atoms with Crippen molar-refractivity contribution in [3.05, 3.63) is 0 Å². The van der Waals surface area contributed by atoms with E-state index >= 15 is 0 Å². The van der Waals surface area contributed by atoms with Crippen LogP contribution in [0.1, 0.15) is 46.5 Å². The molecule has 1 rings (SSSR count). The SMILES string of the molecule is CC(C)(C)C1CCC(CCl)(COCC(F)(F)F)CC1. The molecule has 0 radical (unpaired) electrons. The van der Waals surface area contributed by atoms with Gasteiger partial charge in [-0.05, 0) is 37.0 Å². The van der Waals surface area contributed by atoms with Gasteiger partial charge in [-0.25, -0.2) is 0 Å². The molecule has 0 heterocycles. The van der Waals surface area contributed by atoms with Crippen LogP contribution < -0.4 is 0 Å². The van der Waals surface area contributed by atoms with Crippen molar-refractivity contribution in [2.24, 2.45) is 16.7 Å². The van der Waals surface area contributed by atoms with Crippen LogP contribution in [0.5, 0.6) is 0 Å². The summed E-state index contributed by atoms with van der Waals surface area (Å²) in [4.78, 5) is 0. The summed E-state index contributed by atoms with van der Waals surface area (Å²) < 4.78 is 41.1. The van der Waals surface area contributed by atoms with E-state index in [-0.39, 0.29) is 17.4 Å². The van der Waals surface area contributed by atoms with Crippen LogP contribution in [0.25, 0.3) is 0 Å². The molecule has 1 aliphatic rings. The summed E-state index contributed by atoms with van der Waals surface area (Å²) in [5.74, 6) is 0.994. The maximum Gasteiger partial charge on any atom is 0.411 e. The minimum Gasteiger partial charge on any atom is -0.371 e. The van der Waals surface area contributed by atoms with E-state index in [4.69, 9.17) is 16.3 Å². The van der Waals surface area contributed by atoms with E-state index in [0.29, 0.717) is 11.8 Å². The zero-order valence-corrected chi connectivity index (χ0v) is 12.7. The van der Waals surface area contributed by atoms with E-state index in [1.165, 1.54) is 0 Å². The van der Waals surface area contributed by atoms with E-state index in [9.17, 15) is 13.2 Å². The molecule has 0 N–H and O–H groups in total. The zero-order valence-electron chi connectivity index (χ0n) is 11.9. The Balaban J connectivity index is 2.47. The van der Waals surface area contributed by atoms with Crippen LogP contribution >= 0.6 is 11.6 Å². The van der Waals surface area contributed by atoms with Crippen molar-refractivity contribution in [2.75, 3.05) is 19.1 Å². The van der Waals surface area contributed by atoms with Gasteiger partial charge in [-0.2, -0.15) is 13.2 Å². The summed E-state index contributed by atoms with van der Waals surface area (Å²) in [5, 5.41) is 0. The molecule has 1 aliphatic carbocycles. The van der Waals surface area contributed by atoms with Crippen molar-refractivity contribution in [2.45, 2.75) is 52.6 Å². The second kappa shape index (κ2) is 6.21. The number of hydrogen-bond donors (Lipinski definition) is 0. The predicted octanol–water partition coefficient (Wildman–Crippen LogP) is 5.03. The average Bonchev–Trinajstić information content (AvgIpc) is 2.26. The lowest BCUT2D eigenvalue weighted by atomic mass is 9.65. The third-order valence-electron chi connectivity index (χ3n) is 4.23. The molecule has 0 atom stereocenters. The van der Waals surface area contributed by atoms with Crippen LogP contribution in [-0.2, 0) is 4.74 Å². The van der Waals surface area contributed by atoms with Crippen molar-refractivity contribution in [1.82, 2.24) is 0 Å². The fourth-order valence-electron chi connectivity index (χ4n) is 2.80. The number of ether oxygens (including phenoxy) is 1. The Kier molecular flexibility index (Phi) is 5.59. The molecule has 5 heteroatoms. The minimum atomic E-state index is -4.25. The third-order valence-corrected chi connectivity index (χ3v) is 4.80. The highest BCUT2D eigenvalue weighted by Crippen LogP contribution is 2.46. The monoisotopic (exact) mass is 300 g/mol. The highest BCUT2D eigenvalue weighted by Gasteiger charge is 2.39. The van der Waals surface area contributed by atoms with Gasteiger partial charge in [0.1, 0.15) is 6.61 Å². The van der Waals surface area contributed by atoms with Gasteiger partial charge in [-0.15, -0.1) is 11.6 Å². The van der Waals surface area contributed by atoms with Crippen molar-refractivity contribution < 1.29 is 17.9 Å². The minimum absolute atomic E-state index is 0.118. The largest absolute Gasteiger partial charge is 0.411 e. The Labute approximate surface area is 118 Å². The lowest BCUT2D eigenvalue weighted by molar-refractivity contribution is -0.181. The van der Waals surface area contributed by atoms with Gasteiger partial charge in [-0.3, -0.25) is 0 Å². The Morgan fingerprint density at radius 1 is 1.16 bits per heavy atom. The predicted molar refractivity (Wildman–Crippen MR) is 71.4 cm³/mol. The van der Waals surface area contributed by atoms with E-state index in [0.717, 1.165) is 25.7 Å². The topological polar surface area (TPSA) is 9.23 Å². The van der Waals surface area contributed by atoms with Gasteiger partial charge < -0.3 is 4.74 Å². The van der Waals surface area contributed by atoms with Crippen LogP contribution in [0.3, 0.4) is 0 Å². The third kappa shape index (κ3) is 5.50. The number of alkyl halides is 4. The van der Waals surface area contributed by atoms with Crippen molar-refractivity contribution in [3.8, 4) is 0 Å². The van der Waals surface area contributed by atoms with Crippen LogP contribution in [0.15, 0.2) is 0 Å². The molecule has 114 valence electrons. The summed E-state index contributed by atoms with van der Waals surface area (Å²) in [6.07, 6.45) is -0.500. The van der Waals surface area contributed by atoms with E-state index < -0.39 is 12.8 Å². The molecule has 0 bridgehead atoms. The van der Waals surface area contributed by atoms with Crippen molar-refractivity contribution in [1.29, 1.82) is 0 Å². The molecule has 19 heavy (non-hydrogen) atoms. The quantitative estimate of drug-likeness (QED) is 0.662. The number of hydrogen-bond acceptors (Lipinski definition) is 1. The maximum atomic E-state index is 12.1. The molecule has 0 aromatic heterocycles. The van der Waals surface area contributed by atoms with E-state index in [1.807, 2.05) is 0 Å². The fourth-order valence-corrected chi connectivity index (χ4v) is 3.14. The molecule has 1 fully saturated rings. The first-order valence-corrected chi connectivity index (χ1v) is 7.32. The van der Waals surface area contributed by atoms with E-state index in [2.05, 4.69) is 20.8 Å². The van der Waals surface area contributed by atoms with Gasteiger partial charge in [0.15, 0.2) is 0 Å². The van der Waals surface area contributed by atoms with Gasteiger partial charge in [0.25, 0.3) is 0 Å². The van der Waals surface area contributed by atoms with Crippen LogP contribution in [0, 0.1) is 16.7 Å². The van der Waals surface area contributed by atoms with E-state index in [1.54, 1.807) is 0 Å². The van der Waals surface area contributed by atoms with Gasteiger partial charge >= 0.3 is 6.18 Å². The summed E-state index contributed by atoms with van der Waals surface area (Å²) >= 11 is 5.99. The first-order chi connectivity index (χ1) is 8.58. The molecule has 0 aromatic rings. The lowest BCUT2D eigenvalue weighted by Gasteiger charge is -2.43. The van der Waals surface area contributed by atoms with Crippen LogP contribution in [0.2, 0.25) is 0 Å². The number of halogens is 4. The molecule has 0 spiro atoms. The molecule has 0 saturated heterocycles. The van der Waals surface area contributed by atoms with Crippen molar-refractivity contribution in [3.63, 3.8) is 0 Å². The van der Waals surface area contributed by atoms with Crippen LogP contribution in [-0.4, -0.2) is 25.3 Å². The summed E-state index contributed by atoms with van der Waals surface area (Å²) in [5.41, 5.74) is -0.0140. The summed E-state index contributed by atoms with van der Waals surface area (Å²) in [7, 11) is 0. The molecule has 0 amide bonds. The lowest BCUT2D eigenvalue weighted by Crippen LogP contribution is -2.38. The van der Waals surface area contributed by atoms with Crippen LogP contribution in [0.4, 0.5) is 13.2 Å². The highest BCUT2D eigenvalue weighted by atomic mass is 35.5. The van der Waals surface area contributed by atoms with Crippen molar-refractivity contribution >= 4 is 11.6 Å². The second-order valence-electron chi connectivity index (χ2n) is 6.88. The Morgan fingerprint density at radius 2 is 1.68 bits per heavy atom. The van der Waals surface area contributed by atoms with Gasteiger partial charge in [0.2, 0.25) is 0 Å². The maximum absolute atomic E-state index is 12.1. The summed E-state index contributed by atoms with van der Waals surface area (Å²) in [6.45, 7) is 5.59. The Bertz CT molecular complexity index is 270. The molecule has 1 nitrogen and oxygen atoms in total. The Morgan fingerprint density at radius 3 is 2.05 bits per heavy atom. The molecule has 1 saturated carbocycles. The fraction of sp³-hybridized carbons (Fsp3) is 1.00. The normalized spacial score (nSPS) is 29.5. The molecular weight excluding hydrogens is 277 g/mol. The second-order valence-corrected chi connectivity index (χ2v) is 7.15. The zero-order chi connectivity index (χ0) is 14.7.